The Morgan fingerprint density at radius 2 is 2.08 bits per heavy atom. The van der Waals surface area contributed by atoms with Gasteiger partial charge in [-0.25, -0.2) is 0 Å². The lowest BCUT2D eigenvalue weighted by molar-refractivity contribution is 0.203. The minimum Gasteiger partial charge on any atom is -0.382 e. The number of halogens is 1. The van der Waals surface area contributed by atoms with Crippen molar-refractivity contribution in [3.8, 4) is 0 Å². The summed E-state index contributed by atoms with van der Waals surface area (Å²) in [6.07, 6.45) is 7.75. The zero-order valence-electron chi connectivity index (χ0n) is 6.26. The van der Waals surface area contributed by atoms with E-state index in [0.717, 1.165) is 0 Å². The normalized spacial score (nSPS) is 31.1. The van der Waals surface area contributed by atoms with Crippen molar-refractivity contribution in [3.63, 3.8) is 0 Å². The highest BCUT2D eigenvalue weighted by atomic mass is 79.9. The van der Waals surface area contributed by atoms with Gasteiger partial charge in [0.15, 0.2) is 8.38 Å². The van der Waals surface area contributed by atoms with Crippen molar-refractivity contribution in [3.05, 3.63) is 24.3 Å². The first-order valence-corrected chi connectivity index (χ1v) is 5.55. The van der Waals surface area contributed by atoms with Gasteiger partial charge in [0.2, 0.25) is 0 Å². The molecule has 2 atom stereocenters. The largest absolute Gasteiger partial charge is 0.382 e. The molecular formula is C7H10BrO3P. The van der Waals surface area contributed by atoms with Gasteiger partial charge in [-0.05, 0) is 6.42 Å². The average molecular weight is 253 g/mol. The Morgan fingerprint density at radius 1 is 1.42 bits per heavy atom. The second kappa shape index (κ2) is 3.99. The summed E-state index contributed by atoms with van der Waals surface area (Å²) in [4.78, 5) is 17.6. The fraction of sp³-hybridized carbons (Fsp3) is 0.429. The third-order valence-electron chi connectivity index (χ3n) is 1.70. The monoisotopic (exact) mass is 252 g/mol. The molecule has 0 aromatic carbocycles. The fourth-order valence-electron chi connectivity index (χ4n) is 0.994. The van der Waals surface area contributed by atoms with E-state index in [-0.39, 0.29) is 0 Å². The predicted octanol–water partition coefficient (Wildman–Crippen LogP) is 1.25. The molecular weight excluding hydrogens is 243 g/mol. The van der Waals surface area contributed by atoms with Gasteiger partial charge in [-0.3, -0.25) is 0 Å². The van der Waals surface area contributed by atoms with Crippen molar-refractivity contribution in [1.82, 2.24) is 0 Å². The summed E-state index contributed by atoms with van der Waals surface area (Å²) in [6, 6.07) is 0. The number of hydrogen-bond acceptors (Lipinski definition) is 3. The molecule has 12 heavy (non-hydrogen) atoms. The first-order chi connectivity index (χ1) is 5.56. The van der Waals surface area contributed by atoms with Gasteiger partial charge >= 0.3 is 0 Å². The van der Waals surface area contributed by atoms with E-state index in [0.29, 0.717) is 6.42 Å². The van der Waals surface area contributed by atoms with Gasteiger partial charge in [0.25, 0.3) is 0 Å². The van der Waals surface area contributed by atoms with Crippen LogP contribution in [0.2, 0.25) is 0 Å². The summed E-state index contributed by atoms with van der Waals surface area (Å²) < 4.78 is -0.711. The molecule has 0 amide bonds. The maximum atomic E-state index is 9.41. The van der Waals surface area contributed by atoms with Crippen molar-refractivity contribution < 1.29 is 14.9 Å². The Hall–Kier alpha value is 0.270. The van der Waals surface area contributed by atoms with Gasteiger partial charge in [0.1, 0.15) is 5.85 Å². The van der Waals surface area contributed by atoms with Gasteiger partial charge in [0, 0.05) is 0 Å². The van der Waals surface area contributed by atoms with Crippen LogP contribution < -0.4 is 0 Å². The Kier molecular flexibility index (Phi) is 3.44. The van der Waals surface area contributed by atoms with E-state index in [9.17, 15) is 5.11 Å². The zero-order valence-corrected chi connectivity index (χ0v) is 8.74. The van der Waals surface area contributed by atoms with E-state index in [1.807, 2.05) is 12.2 Å². The summed E-state index contributed by atoms with van der Waals surface area (Å²) in [5.41, 5.74) is 0. The van der Waals surface area contributed by atoms with E-state index in [2.05, 4.69) is 15.9 Å². The predicted molar refractivity (Wildman–Crippen MR) is 51.9 cm³/mol. The minimum atomic E-state index is -2.31. The lowest BCUT2D eigenvalue weighted by atomic mass is 10.0. The quantitative estimate of drug-likeness (QED) is 0.512. The van der Waals surface area contributed by atoms with Crippen molar-refractivity contribution in [2.45, 2.75) is 16.6 Å². The first-order valence-electron chi connectivity index (χ1n) is 3.44. The Bertz CT molecular complexity index is 217. The molecule has 0 saturated heterocycles. The van der Waals surface area contributed by atoms with Crippen molar-refractivity contribution in [2.75, 3.05) is 0 Å². The van der Waals surface area contributed by atoms with E-state index in [1.165, 1.54) is 0 Å². The minimum absolute atomic E-state index is 0.560. The molecule has 0 fully saturated rings. The average Bonchev–Trinajstić information content (AvgIpc) is 2.04. The molecule has 0 spiro atoms. The van der Waals surface area contributed by atoms with Crippen LogP contribution >= 0.6 is 24.3 Å². The van der Waals surface area contributed by atoms with Gasteiger partial charge in [-0.15, -0.1) is 0 Å². The van der Waals surface area contributed by atoms with Gasteiger partial charge < -0.3 is 14.9 Å². The molecule has 0 radical (unpaired) electrons. The van der Waals surface area contributed by atoms with Crippen molar-refractivity contribution in [1.29, 1.82) is 0 Å². The number of alkyl halides is 1. The van der Waals surface area contributed by atoms with E-state index in [1.54, 1.807) is 12.2 Å². The molecule has 3 nitrogen and oxygen atoms in total. The topological polar surface area (TPSA) is 60.7 Å². The van der Waals surface area contributed by atoms with Crippen LogP contribution in [0.25, 0.3) is 0 Å². The Balaban J connectivity index is 2.72. The zero-order chi connectivity index (χ0) is 9.19. The van der Waals surface area contributed by atoms with Crippen LogP contribution in [-0.4, -0.2) is 25.1 Å². The number of rotatable bonds is 2. The van der Waals surface area contributed by atoms with Crippen LogP contribution in [0.5, 0.6) is 0 Å². The molecule has 5 heteroatoms. The molecule has 0 aromatic rings. The molecule has 0 bridgehead atoms. The third-order valence-corrected chi connectivity index (χ3v) is 3.97. The summed E-state index contributed by atoms with van der Waals surface area (Å²) in [5, 5.41) is 9.41. The first kappa shape index (κ1) is 10.4. The van der Waals surface area contributed by atoms with Crippen LogP contribution in [0.15, 0.2) is 24.3 Å². The van der Waals surface area contributed by atoms with Gasteiger partial charge in [-0.2, -0.15) is 0 Å². The van der Waals surface area contributed by atoms with Gasteiger partial charge in [0.05, 0.1) is 4.32 Å². The van der Waals surface area contributed by atoms with E-state index in [4.69, 9.17) is 9.79 Å². The number of allylic oxidation sites excluding steroid dienone is 3. The molecule has 0 saturated carbocycles. The summed E-state index contributed by atoms with van der Waals surface area (Å²) in [6.45, 7) is 0. The highest BCUT2D eigenvalue weighted by Crippen LogP contribution is 2.44. The molecule has 0 aliphatic heterocycles. The number of aliphatic hydroxyl groups is 1. The third kappa shape index (κ3) is 2.15. The highest BCUT2D eigenvalue weighted by Gasteiger charge is 2.37. The van der Waals surface area contributed by atoms with E-state index >= 15 is 0 Å². The molecule has 0 aromatic heterocycles. The number of aliphatic hydroxyl groups excluding tert-OH is 1. The SMILES string of the molecule is OC(P(O)O)C1(Br)C=CC=CC1. The molecule has 2 unspecified atom stereocenters. The summed E-state index contributed by atoms with van der Waals surface area (Å²) >= 11 is 3.27. The Morgan fingerprint density at radius 3 is 2.50 bits per heavy atom. The van der Waals surface area contributed by atoms with Crippen LogP contribution in [0, 0.1) is 0 Å². The van der Waals surface area contributed by atoms with Crippen LogP contribution in [0.1, 0.15) is 6.42 Å². The molecule has 68 valence electrons. The smallest absolute Gasteiger partial charge is 0.197 e. The molecule has 3 N–H and O–H groups in total. The van der Waals surface area contributed by atoms with Crippen LogP contribution in [-0.2, 0) is 0 Å². The second-order valence-electron chi connectivity index (χ2n) is 2.61. The van der Waals surface area contributed by atoms with E-state index < -0.39 is 18.5 Å². The van der Waals surface area contributed by atoms with Gasteiger partial charge in [-0.1, -0.05) is 40.2 Å². The maximum absolute atomic E-state index is 9.41. The van der Waals surface area contributed by atoms with Crippen LogP contribution in [0.4, 0.5) is 0 Å². The number of hydrogen-bond donors (Lipinski definition) is 3. The standard InChI is InChI=1S/C7H10BrO3P/c8-7(6(9)12(10)11)4-2-1-3-5-7/h1-4,6,9-11H,5H2. The summed E-state index contributed by atoms with van der Waals surface area (Å²) in [5.74, 6) is -1.14. The molecule has 1 aliphatic rings. The molecule has 1 aliphatic carbocycles. The molecule has 0 heterocycles. The fourth-order valence-corrected chi connectivity index (χ4v) is 2.46. The molecule has 1 rings (SSSR count). The van der Waals surface area contributed by atoms with Crippen LogP contribution in [0.3, 0.4) is 0 Å². The summed E-state index contributed by atoms with van der Waals surface area (Å²) in [7, 11) is -2.31. The highest BCUT2D eigenvalue weighted by molar-refractivity contribution is 9.10. The maximum Gasteiger partial charge on any atom is 0.197 e. The second-order valence-corrected chi connectivity index (χ2v) is 5.22. The van der Waals surface area contributed by atoms with Crippen molar-refractivity contribution in [2.24, 2.45) is 0 Å². The Labute approximate surface area is 80.5 Å². The lowest BCUT2D eigenvalue weighted by Gasteiger charge is -2.30. The lowest BCUT2D eigenvalue weighted by Crippen LogP contribution is -2.33. The van der Waals surface area contributed by atoms with Crippen molar-refractivity contribution >= 4 is 24.3 Å².